The second-order valence-electron chi connectivity index (χ2n) is 5.43. The maximum Gasteiger partial charge on any atom is 0.270 e. The molecule has 0 radical (unpaired) electrons. The highest BCUT2D eigenvalue weighted by atomic mass is 16.3. The van der Waals surface area contributed by atoms with Gasteiger partial charge in [0.1, 0.15) is 5.69 Å². The van der Waals surface area contributed by atoms with Crippen LogP contribution < -0.4 is 10.2 Å². The third-order valence-electron chi connectivity index (χ3n) is 3.58. The molecule has 0 aromatic carbocycles. The molecule has 0 saturated carbocycles. The van der Waals surface area contributed by atoms with Crippen LogP contribution in [0.3, 0.4) is 0 Å². The first kappa shape index (κ1) is 15.7. The first-order valence-corrected chi connectivity index (χ1v) is 7.70. The Kier molecular flexibility index (Phi) is 5.92. The lowest BCUT2D eigenvalue weighted by atomic mass is 10.2. The molecule has 1 fully saturated rings. The van der Waals surface area contributed by atoms with Crippen LogP contribution in [0.5, 0.6) is 0 Å². The van der Waals surface area contributed by atoms with Gasteiger partial charge in [-0.15, -0.1) is 0 Å². The normalized spacial score (nSPS) is 15.6. The molecule has 1 amide bonds. The van der Waals surface area contributed by atoms with Crippen LogP contribution in [0.25, 0.3) is 0 Å². The van der Waals surface area contributed by atoms with Gasteiger partial charge in [0.05, 0.1) is 0 Å². The van der Waals surface area contributed by atoms with Gasteiger partial charge >= 0.3 is 0 Å². The van der Waals surface area contributed by atoms with Crippen molar-refractivity contribution in [1.82, 2.24) is 15.3 Å². The molecule has 0 aliphatic carbocycles. The smallest absolute Gasteiger partial charge is 0.270 e. The van der Waals surface area contributed by atoms with Crippen LogP contribution in [-0.4, -0.2) is 47.2 Å². The van der Waals surface area contributed by atoms with Crippen LogP contribution in [0.4, 0.5) is 5.95 Å². The molecule has 1 saturated heterocycles. The van der Waals surface area contributed by atoms with Crippen LogP contribution in [0, 0.1) is 6.92 Å². The van der Waals surface area contributed by atoms with Gasteiger partial charge in [0, 0.05) is 31.9 Å². The van der Waals surface area contributed by atoms with Crippen molar-refractivity contribution < 1.29 is 9.90 Å². The van der Waals surface area contributed by atoms with Crippen molar-refractivity contribution in [1.29, 1.82) is 0 Å². The number of hydrogen-bond donors (Lipinski definition) is 2. The predicted octanol–water partition coefficient (Wildman–Crippen LogP) is 1.28. The van der Waals surface area contributed by atoms with Crippen molar-refractivity contribution in [3.63, 3.8) is 0 Å². The zero-order chi connectivity index (χ0) is 15.1. The summed E-state index contributed by atoms with van der Waals surface area (Å²) in [6, 6.07) is 1.70. The molecule has 2 N–H and O–H groups in total. The van der Waals surface area contributed by atoms with Gasteiger partial charge in [-0.2, -0.15) is 0 Å². The van der Waals surface area contributed by atoms with Crippen molar-refractivity contribution in [3.05, 3.63) is 17.5 Å². The second kappa shape index (κ2) is 7.93. The summed E-state index contributed by atoms with van der Waals surface area (Å²) in [5.41, 5.74) is 1.20. The number of carbonyl (C=O) groups excluding carboxylic acids is 1. The molecule has 2 rings (SSSR count). The SMILES string of the molecule is Cc1cc(C(=O)NCCCO)nc(N2CCCCCC2)n1. The lowest BCUT2D eigenvalue weighted by Gasteiger charge is -2.20. The molecular formula is C15H24N4O2. The molecule has 0 bridgehead atoms. The summed E-state index contributed by atoms with van der Waals surface area (Å²) in [4.78, 5) is 23.1. The topological polar surface area (TPSA) is 78.3 Å². The van der Waals surface area contributed by atoms with Gasteiger partial charge in [0.25, 0.3) is 5.91 Å². The number of anilines is 1. The molecule has 0 spiro atoms. The highest BCUT2D eigenvalue weighted by Crippen LogP contribution is 2.16. The average Bonchev–Trinajstić information content (AvgIpc) is 2.76. The molecule has 6 nitrogen and oxygen atoms in total. The van der Waals surface area contributed by atoms with Crippen LogP contribution in [-0.2, 0) is 0 Å². The minimum absolute atomic E-state index is 0.0715. The van der Waals surface area contributed by atoms with Gasteiger partial charge in [-0.1, -0.05) is 12.8 Å². The van der Waals surface area contributed by atoms with E-state index in [2.05, 4.69) is 20.2 Å². The Morgan fingerprint density at radius 1 is 1.29 bits per heavy atom. The molecular weight excluding hydrogens is 268 g/mol. The van der Waals surface area contributed by atoms with Crippen molar-refractivity contribution >= 4 is 11.9 Å². The Balaban J connectivity index is 2.10. The van der Waals surface area contributed by atoms with E-state index in [9.17, 15) is 4.79 Å². The lowest BCUT2D eigenvalue weighted by molar-refractivity contribution is 0.0946. The monoisotopic (exact) mass is 292 g/mol. The molecule has 2 heterocycles. The Morgan fingerprint density at radius 3 is 2.67 bits per heavy atom. The van der Waals surface area contributed by atoms with Crippen molar-refractivity contribution in [2.75, 3.05) is 31.1 Å². The van der Waals surface area contributed by atoms with E-state index in [1.165, 1.54) is 12.8 Å². The minimum atomic E-state index is -0.204. The summed E-state index contributed by atoms with van der Waals surface area (Å²) in [5.74, 6) is 0.453. The number of carbonyl (C=O) groups is 1. The summed E-state index contributed by atoms with van der Waals surface area (Å²) >= 11 is 0. The molecule has 1 aliphatic rings. The van der Waals surface area contributed by atoms with Crippen LogP contribution in [0.1, 0.15) is 48.3 Å². The quantitative estimate of drug-likeness (QED) is 0.799. The molecule has 1 aliphatic heterocycles. The van der Waals surface area contributed by atoms with E-state index in [-0.39, 0.29) is 12.5 Å². The first-order chi connectivity index (χ1) is 10.2. The Hall–Kier alpha value is -1.69. The number of amides is 1. The van der Waals surface area contributed by atoms with Gasteiger partial charge in [-0.25, -0.2) is 9.97 Å². The number of hydrogen-bond acceptors (Lipinski definition) is 5. The molecule has 1 aromatic rings. The van der Waals surface area contributed by atoms with E-state index in [4.69, 9.17) is 5.11 Å². The number of nitrogens with zero attached hydrogens (tertiary/aromatic N) is 3. The highest BCUT2D eigenvalue weighted by Gasteiger charge is 2.16. The Morgan fingerprint density at radius 2 is 2.00 bits per heavy atom. The van der Waals surface area contributed by atoms with Gasteiger partial charge in [0.2, 0.25) is 5.95 Å². The summed E-state index contributed by atoms with van der Waals surface area (Å²) in [7, 11) is 0. The third kappa shape index (κ3) is 4.67. The fourth-order valence-corrected chi connectivity index (χ4v) is 2.45. The molecule has 0 atom stereocenters. The molecule has 6 heteroatoms. The van der Waals surface area contributed by atoms with Crippen molar-refractivity contribution in [3.8, 4) is 0 Å². The zero-order valence-corrected chi connectivity index (χ0v) is 12.6. The fraction of sp³-hybridized carbons (Fsp3) is 0.667. The van der Waals surface area contributed by atoms with Crippen molar-refractivity contribution in [2.45, 2.75) is 39.0 Å². The van der Waals surface area contributed by atoms with Gasteiger partial charge in [-0.3, -0.25) is 4.79 Å². The minimum Gasteiger partial charge on any atom is -0.396 e. The second-order valence-corrected chi connectivity index (χ2v) is 5.43. The predicted molar refractivity (Wildman–Crippen MR) is 81.5 cm³/mol. The Labute approximate surface area is 125 Å². The standard InChI is InChI=1S/C15H24N4O2/c1-12-11-13(14(21)16-7-6-10-20)18-15(17-12)19-8-4-2-3-5-9-19/h11,20H,2-10H2,1H3,(H,16,21). The summed E-state index contributed by atoms with van der Waals surface area (Å²) in [6.45, 7) is 4.32. The zero-order valence-electron chi connectivity index (χ0n) is 12.6. The number of aryl methyl sites for hydroxylation is 1. The number of rotatable bonds is 5. The maximum absolute atomic E-state index is 12.1. The van der Waals surface area contributed by atoms with Crippen molar-refractivity contribution in [2.24, 2.45) is 0 Å². The number of aliphatic hydroxyl groups excluding tert-OH is 1. The molecule has 1 aromatic heterocycles. The average molecular weight is 292 g/mol. The number of aliphatic hydroxyl groups is 1. The van der Waals surface area contributed by atoms with Crippen LogP contribution >= 0.6 is 0 Å². The number of nitrogens with one attached hydrogen (secondary N) is 1. The van der Waals surface area contributed by atoms with Gasteiger partial charge in [-0.05, 0) is 32.3 Å². The molecule has 116 valence electrons. The number of aromatic nitrogens is 2. The first-order valence-electron chi connectivity index (χ1n) is 7.70. The van der Waals surface area contributed by atoms with E-state index in [1.807, 2.05) is 6.92 Å². The Bertz CT molecular complexity index is 471. The maximum atomic E-state index is 12.1. The van der Waals surface area contributed by atoms with E-state index in [0.717, 1.165) is 31.6 Å². The van der Waals surface area contributed by atoms with E-state index in [1.54, 1.807) is 6.07 Å². The summed E-state index contributed by atoms with van der Waals surface area (Å²) in [5, 5.41) is 11.5. The van der Waals surface area contributed by atoms with E-state index in [0.29, 0.717) is 24.6 Å². The van der Waals surface area contributed by atoms with Gasteiger partial charge < -0.3 is 15.3 Å². The molecule has 0 unspecified atom stereocenters. The van der Waals surface area contributed by atoms with E-state index < -0.39 is 0 Å². The summed E-state index contributed by atoms with van der Waals surface area (Å²) < 4.78 is 0. The van der Waals surface area contributed by atoms with E-state index >= 15 is 0 Å². The lowest BCUT2D eigenvalue weighted by Crippen LogP contribution is -2.29. The fourth-order valence-electron chi connectivity index (χ4n) is 2.45. The van der Waals surface area contributed by atoms with Crippen LogP contribution in [0.15, 0.2) is 6.07 Å². The summed E-state index contributed by atoms with van der Waals surface area (Å²) in [6.07, 6.45) is 5.34. The third-order valence-corrected chi connectivity index (χ3v) is 3.58. The highest BCUT2D eigenvalue weighted by molar-refractivity contribution is 5.92. The molecule has 21 heavy (non-hydrogen) atoms. The van der Waals surface area contributed by atoms with Crippen LogP contribution in [0.2, 0.25) is 0 Å². The largest absolute Gasteiger partial charge is 0.396 e. The van der Waals surface area contributed by atoms with Gasteiger partial charge in [0.15, 0.2) is 0 Å².